The summed E-state index contributed by atoms with van der Waals surface area (Å²) in [7, 11) is 0. The number of hydrogen-bond donors (Lipinski definition) is 0. The van der Waals surface area contributed by atoms with Crippen LogP contribution in [0.5, 0.6) is 11.5 Å². The Kier molecular flexibility index (Phi) is 4.32. The van der Waals surface area contributed by atoms with Gasteiger partial charge >= 0.3 is 0 Å². The summed E-state index contributed by atoms with van der Waals surface area (Å²) in [5, 5.41) is 0.615. The van der Waals surface area contributed by atoms with Crippen LogP contribution in [0.25, 0.3) is 0 Å². The normalized spacial score (nSPS) is 10.3. The highest BCUT2D eigenvalue weighted by molar-refractivity contribution is 9.10. The lowest BCUT2D eigenvalue weighted by Gasteiger charge is -2.09. The van der Waals surface area contributed by atoms with Crippen molar-refractivity contribution in [1.82, 2.24) is 0 Å². The maximum Gasteiger partial charge on any atom is 0.141 e. The first-order valence-corrected chi connectivity index (χ1v) is 6.68. The van der Waals surface area contributed by atoms with Gasteiger partial charge in [-0.2, -0.15) is 0 Å². The minimum atomic E-state index is 0.397. The van der Waals surface area contributed by atoms with Gasteiger partial charge in [0.25, 0.3) is 0 Å². The summed E-state index contributed by atoms with van der Waals surface area (Å²) in [4.78, 5) is 0. The molecule has 0 spiro atoms. The van der Waals surface area contributed by atoms with Crippen LogP contribution in [0.2, 0.25) is 5.02 Å². The zero-order valence-corrected chi connectivity index (χ0v) is 11.9. The largest absolute Gasteiger partial charge is 0.456 e. The molecule has 0 aliphatic heterocycles. The number of para-hydroxylation sites is 1. The van der Waals surface area contributed by atoms with Crippen LogP contribution >= 0.6 is 39.1 Å². The van der Waals surface area contributed by atoms with E-state index < -0.39 is 0 Å². The Morgan fingerprint density at radius 3 is 2.53 bits per heavy atom. The summed E-state index contributed by atoms with van der Waals surface area (Å²) < 4.78 is 6.62. The van der Waals surface area contributed by atoms with Crippen molar-refractivity contribution < 1.29 is 4.74 Å². The van der Waals surface area contributed by atoms with Crippen LogP contribution in [-0.2, 0) is 5.88 Å². The molecule has 2 aromatic carbocycles. The van der Waals surface area contributed by atoms with Crippen molar-refractivity contribution in [2.45, 2.75) is 5.88 Å². The highest BCUT2D eigenvalue weighted by atomic mass is 79.9. The molecule has 17 heavy (non-hydrogen) atoms. The maximum absolute atomic E-state index is 6.06. The van der Waals surface area contributed by atoms with E-state index in [1.54, 1.807) is 6.07 Å². The highest BCUT2D eigenvalue weighted by Gasteiger charge is 2.04. The van der Waals surface area contributed by atoms with Crippen molar-refractivity contribution in [2.24, 2.45) is 0 Å². The molecule has 0 aliphatic carbocycles. The van der Waals surface area contributed by atoms with Gasteiger partial charge in [0.2, 0.25) is 0 Å². The van der Waals surface area contributed by atoms with E-state index in [9.17, 15) is 0 Å². The third-order valence-electron chi connectivity index (χ3n) is 2.23. The van der Waals surface area contributed by atoms with Gasteiger partial charge in [-0.15, -0.1) is 11.6 Å². The Morgan fingerprint density at radius 2 is 1.88 bits per heavy atom. The van der Waals surface area contributed by atoms with Crippen molar-refractivity contribution >= 4 is 39.1 Å². The lowest BCUT2D eigenvalue weighted by atomic mass is 10.2. The van der Waals surface area contributed by atoms with Crippen LogP contribution in [0.1, 0.15) is 5.56 Å². The van der Waals surface area contributed by atoms with Crippen LogP contribution in [0.15, 0.2) is 46.9 Å². The summed E-state index contributed by atoms with van der Waals surface area (Å²) in [6.45, 7) is 0. The van der Waals surface area contributed by atoms with E-state index in [4.69, 9.17) is 27.9 Å². The van der Waals surface area contributed by atoms with Crippen LogP contribution < -0.4 is 4.74 Å². The molecule has 0 amide bonds. The molecule has 0 saturated heterocycles. The SMILES string of the molecule is ClCc1ccc(Oc2ccccc2Br)cc1Cl. The second-order valence-corrected chi connectivity index (χ2v) is 4.95. The molecule has 2 rings (SSSR count). The average Bonchev–Trinajstić information content (AvgIpc) is 2.32. The van der Waals surface area contributed by atoms with Gasteiger partial charge in [-0.25, -0.2) is 0 Å². The summed E-state index contributed by atoms with van der Waals surface area (Å²) in [6.07, 6.45) is 0. The summed E-state index contributed by atoms with van der Waals surface area (Å²) in [5.41, 5.74) is 0.896. The van der Waals surface area contributed by atoms with Gasteiger partial charge < -0.3 is 4.74 Å². The number of rotatable bonds is 3. The molecule has 0 saturated carbocycles. The highest BCUT2D eigenvalue weighted by Crippen LogP contribution is 2.31. The fourth-order valence-corrected chi connectivity index (χ4v) is 2.26. The predicted octanol–water partition coefficient (Wildman–Crippen LogP) is 5.63. The zero-order valence-electron chi connectivity index (χ0n) is 8.79. The monoisotopic (exact) mass is 330 g/mol. The first-order valence-electron chi connectivity index (χ1n) is 4.97. The second-order valence-electron chi connectivity index (χ2n) is 3.42. The summed E-state index contributed by atoms with van der Waals surface area (Å²) in [5.74, 6) is 1.84. The van der Waals surface area contributed by atoms with E-state index in [0.29, 0.717) is 16.7 Å². The molecule has 0 bridgehead atoms. The van der Waals surface area contributed by atoms with Crippen molar-refractivity contribution in [2.75, 3.05) is 0 Å². The molecule has 0 heterocycles. The van der Waals surface area contributed by atoms with Gasteiger partial charge in [0, 0.05) is 10.9 Å². The third-order valence-corrected chi connectivity index (χ3v) is 3.53. The molecule has 2 aromatic rings. The number of hydrogen-bond acceptors (Lipinski definition) is 1. The fourth-order valence-electron chi connectivity index (χ4n) is 1.35. The van der Waals surface area contributed by atoms with Crippen molar-refractivity contribution in [3.05, 3.63) is 57.5 Å². The van der Waals surface area contributed by atoms with Crippen LogP contribution in [-0.4, -0.2) is 0 Å². The van der Waals surface area contributed by atoms with E-state index in [2.05, 4.69) is 15.9 Å². The summed E-state index contributed by atoms with van der Waals surface area (Å²) in [6, 6.07) is 13.1. The molecule has 4 heteroatoms. The molecule has 0 unspecified atom stereocenters. The fraction of sp³-hybridized carbons (Fsp3) is 0.0769. The molecular formula is C13H9BrCl2O. The van der Waals surface area contributed by atoms with E-state index in [1.807, 2.05) is 36.4 Å². The molecule has 0 N–H and O–H groups in total. The topological polar surface area (TPSA) is 9.23 Å². The van der Waals surface area contributed by atoms with Gasteiger partial charge in [0.05, 0.1) is 4.47 Å². The molecule has 1 nitrogen and oxygen atoms in total. The van der Waals surface area contributed by atoms with Gasteiger partial charge in [0.15, 0.2) is 0 Å². The molecule has 0 radical (unpaired) electrons. The molecule has 0 aromatic heterocycles. The van der Waals surface area contributed by atoms with Crippen molar-refractivity contribution in [1.29, 1.82) is 0 Å². The molecule has 0 fully saturated rings. The quantitative estimate of drug-likeness (QED) is 0.662. The van der Waals surface area contributed by atoms with Gasteiger partial charge in [0.1, 0.15) is 11.5 Å². The average molecular weight is 332 g/mol. The molecule has 0 atom stereocenters. The Morgan fingerprint density at radius 1 is 1.12 bits per heavy atom. The van der Waals surface area contributed by atoms with Crippen molar-refractivity contribution in [3.8, 4) is 11.5 Å². The first kappa shape index (κ1) is 12.7. The summed E-state index contributed by atoms with van der Waals surface area (Å²) >= 11 is 15.2. The van der Waals surface area contributed by atoms with E-state index >= 15 is 0 Å². The van der Waals surface area contributed by atoms with Crippen LogP contribution in [0.3, 0.4) is 0 Å². The number of ether oxygens (including phenoxy) is 1. The second kappa shape index (κ2) is 5.76. The van der Waals surface area contributed by atoms with E-state index in [1.165, 1.54) is 0 Å². The lowest BCUT2D eigenvalue weighted by molar-refractivity contribution is 0.479. The predicted molar refractivity (Wildman–Crippen MR) is 75.2 cm³/mol. The van der Waals surface area contributed by atoms with Gasteiger partial charge in [-0.1, -0.05) is 29.8 Å². The molecular weight excluding hydrogens is 323 g/mol. The minimum absolute atomic E-state index is 0.397. The molecule has 88 valence electrons. The van der Waals surface area contributed by atoms with Gasteiger partial charge in [-0.3, -0.25) is 0 Å². The third kappa shape index (κ3) is 3.15. The minimum Gasteiger partial charge on any atom is -0.456 e. The maximum atomic E-state index is 6.06. The number of benzene rings is 2. The smallest absolute Gasteiger partial charge is 0.141 e. The Bertz CT molecular complexity index is 529. The standard InChI is InChI=1S/C13H9BrCl2O/c14-11-3-1-2-4-13(11)17-10-6-5-9(8-15)12(16)7-10/h1-7H,8H2. The Balaban J connectivity index is 2.25. The zero-order chi connectivity index (χ0) is 12.3. The van der Waals surface area contributed by atoms with Crippen LogP contribution in [0, 0.1) is 0 Å². The number of alkyl halides is 1. The Labute approximate surface area is 118 Å². The molecule has 0 aliphatic rings. The Hall–Kier alpha value is -0.700. The van der Waals surface area contributed by atoms with Crippen LogP contribution in [0.4, 0.5) is 0 Å². The van der Waals surface area contributed by atoms with Gasteiger partial charge in [-0.05, 0) is 45.8 Å². The lowest BCUT2D eigenvalue weighted by Crippen LogP contribution is -1.87. The van der Waals surface area contributed by atoms with E-state index in [-0.39, 0.29) is 0 Å². The number of halogens is 3. The van der Waals surface area contributed by atoms with Crippen molar-refractivity contribution in [3.63, 3.8) is 0 Å². The van der Waals surface area contributed by atoms with E-state index in [0.717, 1.165) is 15.8 Å². The first-order chi connectivity index (χ1) is 8.20.